The van der Waals surface area contributed by atoms with Gasteiger partial charge in [0.2, 0.25) is 0 Å². The Balaban J connectivity index is 1.84. The van der Waals surface area contributed by atoms with Crippen molar-refractivity contribution in [3.63, 3.8) is 0 Å². The molecule has 3 aliphatic rings. The van der Waals surface area contributed by atoms with Gasteiger partial charge in [0.25, 0.3) is 0 Å². The topological polar surface area (TPSA) is 169 Å². The third kappa shape index (κ3) is 9.82. The van der Waals surface area contributed by atoms with Crippen molar-refractivity contribution in [2.45, 2.75) is 135 Å². The highest BCUT2D eigenvalue weighted by molar-refractivity contribution is 5.84. The van der Waals surface area contributed by atoms with E-state index in [2.05, 4.69) is 11.6 Å². The Bertz CT molecular complexity index is 1430. The number of carbonyl (C=O) groups is 4. The fraction of sp³-hybridized carbons (Fsp3) is 0.718. The van der Waals surface area contributed by atoms with Gasteiger partial charge in [-0.3, -0.25) is 19.4 Å². The molecular formula is C39H58N2O12. The van der Waals surface area contributed by atoms with Crippen LogP contribution in [0, 0.1) is 23.7 Å². The fourth-order valence-electron chi connectivity index (χ4n) is 7.94. The Labute approximate surface area is 312 Å². The number of carbonyl (C=O) groups excluding carboxylic acids is 4. The molecule has 14 atom stereocenters. The van der Waals surface area contributed by atoms with Gasteiger partial charge in [-0.15, -0.1) is 6.58 Å². The standard InChI is InChI=1S/C39H58N2O12/c1-11-16-47-28-17-21(3)31(43)23(5)35-39(8,53-38(46)52-35)29(12-2)49-36(45)25(7)33(50-30(42)19-26-14-13-15-40-20-26)24(6)34(28)51-37-32(44)27(41(9)10)18-22(4)48-37/h11,13-15,20-25,27-29,32-35,37,44H,1,12,16-19H2,2-10H3/t21-,22-,23+,24+,25-,27+,28-,29-,32-,33+,34-,35-,37+,39-/m1/s1. The number of hydrogen-bond acceptors (Lipinski definition) is 14. The molecular weight excluding hydrogens is 688 g/mol. The number of ether oxygens (including phenoxy) is 7. The van der Waals surface area contributed by atoms with Crippen molar-refractivity contribution >= 4 is 23.9 Å². The van der Waals surface area contributed by atoms with Crippen LogP contribution in [0.15, 0.2) is 37.2 Å². The van der Waals surface area contributed by atoms with Gasteiger partial charge in [0, 0.05) is 30.3 Å². The number of nitrogens with zero attached hydrogens (tertiary/aromatic N) is 2. The number of ketones is 1. The quantitative estimate of drug-likeness (QED) is 0.207. The smallest absolute Gasteiger partial charge is 0.461 e. The van der Waals surface area contributed by atoms with Crippen LogP contribution in [0.5, 0.6) is 0 Å². The molecule has 1 aromatic heterocycles. The molecule has 1 N–H and O–H groups in total. The Morgan fingerprint density at radius 2 is 1.81 bits per heavy atom. The van der Waals surface area contributed by atoms with Crippen LogP contribution >= 0.6 is 0 Å². The van der Waals surface area contributed by atoms with E-state index < -0.39 is 90.3 Å². The summed E-state index contributed by atoms with van der Waals surface area (Å²) in [6.45, 7) is 15.9. The molecule has 53 heavy (non-hydrogen) atoms. The van der Waals surface area contributed by atoms with E-state index >= 15 is 0 Å². The summed E-state index contributed by atoms with van der Waals surface area (Å²) in [5, 5.41) is 11.5. The summed E-state index contributed by atoms with van der Waals surface area (Å²) in [6.07, 6.45) is -3.06. The number of aliphatic hydroxyl groups is 1. The lowest BCUT2D eigenvalue weighted by molar-refractivity contribution is -0.290. The van der Waals surface area contributed by atoms with Crippen molar-refractivity contribution in [1.82, 2.24) is 9.88 Å². The third-order valence-corrected chi connectivity index (χ3v) is 10.9. The summed E-state index contributed by atoms with van der Waals surface area (Å²) < 4.78 is 42.8. The van der Waals surface area contributed by atoms with E-state index in [9.17, 15) is 24.3 Å². The highest BCUT2D eigenvalue weighted by Crippen LogP contribution is 2.41. The predicted octanol–water partition coefficient (Wildman–Crippen LogP) is 4.05. The maximum atomic E-state index is 14.2. The average molecular weight is 747 g/mol. The summed E-state index contributed by atoms with van der Waals surface area (Å²) in [5.74, 6) is -4.97. The first-order valence-electron chi connectivity index (χ1n) is 18.6. The number of likely N-dealkylation sites (N-methyl/N-ethyl adjacent to an activating group) is 1. The average Bonchev–Trinajstić information content (AvgIpc) is 3.43. The molecule has 3 aliphatic heterocycles. The number of aliphatic hydroxyl groups excluding tert-OH is 1. The monoisotopic (exact) mass is 746 g/mol. The Hall–Kier alpha value is -3.43. The zero-order valence-corrected chi connectivity index (χ0v) is 32.5. The molecule has 14 nitrogen and oxygen atoms in total. The molecule has 3 fully saturated rings. The summed E-state index contributed by atoms with van der Waals surface area (Å²) in [7, 11) is 3.73. The number of aromatic nitrogens is 1. The van der Waals surface area contributed by atoms with E-state index in [4.69, 9.17) is 33.2 Å². The zero-order valence-electron chi connectivity index (χ0n) is 32.5. The summed E-state index contributed by atoms with van der Waals surface area (Å²) in [5.41, 5.74) is -0.880. The summed E-state index contributed by atoms with van der Waals surface area (Å²) >= 11 is 0. The lowest BCUT2D eigenvalue weighted by Gasteiger charge is -2.45. The SMILES string of the molecule is C=CCO[C@@H]1C[C@@H](C)C(=O)[C@H](C)[C@H]2OC(=O)O[C@]2(C)[C@@H](CC)OC(=O)[C@H](C)[C@@H](OC(=O)Cc2cccnc2)[C@H](C)[C@H]1O[C@@H]1O[C@H](C)C[C@H](N(C)C)[C@H]1O. The van der Waals surface area contributed by atoms with Crippen molar-refractivity contribution in [3.05, 3.63) is 42.7 Å². The van der Waals surface area contributed by atoms with Crippen LogP contribution in [0.4, 0.5) is 4.79 Å². The van der Waals surface area contributed by atoms with Crippen LogP contribution in [0.2, 0.25) is 0 Å². The molecule has 0 amide bonds. The Morgan fingerprint density at radius 1 is 1.09 bits per heavy atom. The maximum Gasteiger partial charge on any atom is 0.509 e. The zero-order chi connectivity index (χ0) is 39.2. The van der Waals surface area contributed by atoms with Gasteiger partial charge in [-0.2, -0.15) is 0 Å². The van der Waals surface area contributed by atoms with Gasteiger partial charge in [0.05, 0.1) is 43.2 Å². The first-order chi connectivity index (χ1) is 25.0. The molecule has 0 radical (unpaired) electrons. The minimum atomic E-state index is -1.49. The van der Waals surface area contributed by atoms with Crippen LogP contribution in [0.1, 0.15) is 73.3 Å². The van der Waals surface area contributed by atoms with Gasteiger partial charge in [-0.1, -0.05) is 39.8 Å². The van der Waals surface area contributed by atoms with Crippen molar-refractivity contribution in [2.75, 3.05) is 20.7 Å². The molecule has 4 rings (SSSR count). The number of pyridine rings is 1. The summed E-state index contributed by atoms with van der Waals surface area (Å²) in [6, 6.07) is 3.15. The number of esters is 2. The van der Waals surface area contributed by atoms with Crippen molar-refractivity contribution in [1.29, 1.82) is 0 Å². The van der Waals surface area contributed by atoms with E-state index in [1.54, 1.807) is 72.1 Å². The molecule has 14 heteroatoms. The second-order valence-corrected chi connectivity index (χ2v) is 15.2. The molecule has 3 saturated heterocycles. The lowest BCUT2D eigenvalue weighted by Crippen LogP contribution is -2.58. The highest BCUT2D eigenvalue weighted by Gasteiger charge is 2.58. The number of rotatable bonds is 10. The first kappa shape index (κ1) is 42.3. The van der Waals surface area contributed by atoms with Crippen LogP contribution in [-0.4, -0.2) is 120 Å². The fourth-order valence-corrected chi connectivity index (χ4v) is 7.94. The molecule has 0 aliphatic carbocycles. The van der Waals surface area contributed by atoms with E-state index in [1.807, 2.05) is 25.9 Å². The molecule has 0 unspecified atom stereocenters. The van der Waals surface area contributed by atoms with Crippen molar-refractivity contribution < 1.29 is 57.4 Å². The number of cyclic esters (lactones) is 1. The molecule has 0 saturated carbocycles. The first-order valence-corrected chi connectivity index (χ1v) is 18.6. The Morgan fingerprint density at radius 3 is 2.43 bits per heavy atom. The molecule has 1 aromatic rings. The van der Waals surface area contributed by atoms with Gasteiger partial charge >= 0.3 is 18.1 Å². The van der Waals surface area contributed by atoms with Gasteiger partial charge in [-0.05, 0) is 65.8 Å². The number of hydrogen-bond donors (Lipinski definition) is 1. The minimum Gasteiger partial charge on any atom is -0.461 e. The Kier molecular flexibility index (Phi) is 14.6. The number of Topliss-reactive ketones (excluding diaryl/α,β-unsaturated/α-hetero) is 1. The van der Waals surface area contributed by atoms with Crippen LogP contribution in [-0.2, 0) is 54.0 Å². The van der Waals surface area contributed by atoms with Gasteiger partial charge in [0.15, 0.2) is 18.0 Å². The van der Waals surface area contributed by atoms with Gasteiger partial charge < -0.3 is 43.2 Å². The third-order valence-electron chi connectivity index (χ3n) is 10.9. The van der Waals surface area contributed by atoms with Gasteiger partial charge in [-0.25, -0.2) is 4.79 Å². The maximum absolute atomic E-state index is 14.2. The van der Waals surface area contributed by atoms with Crippen LogP contribution in [0.3, 0.4) is 0 Å². The van der Waals surface area contributed by atoms with E-state index in [1.165, 1.54) is 0 Å². The van der Waals surface area contributed by atoms with Crippen LogP contribution in [0.25, 0.3) is 0 Å². The minimum absolute atomic E-state index is 0.0753. The summed E-state index contributed by atoms with van der Waals surface area (Å²) in [4.78, 5) is 60.7. The van der Waals surface area contributed by atoms with E-state index in [-0.39, 0.29) is 43.8 Å². The second-order valence-electron chi connectivity index (χ2n) is 15.2. The van der Waals surface area contributed by atoms with Crippen LogP contribution < -0.4 is 0 Å². The van der Waals surface area contributed by atoms with Crippen molar-refractivity contribution in [3.8, 4) is 0 Å². The van der Waals surface area contributed by atoms with E-state index in [0.717, 1.165) is 0 Å². The van der Waals surface area contributed by atoms with Gasteiger partial charge in [0.1, 0.15) is 24.1 Å². The molecule has 0 bridgehead atoms. The molecule has 296 valence electrons. The predicted molar refractivity (Wildman–Crippen MR) is 191 cm³/mol. The lowest BCUT2D eigenvalue weighted by atomic mass is 9.77. The molecule has 4 heterocycles. The van der Waals surface area contributed by atoms with E-state index in [0.29, 0.717) is 12.0 Å². The molecule has 0 spiro atoms. The van der Waals surface area contributed by atoms with Crippen molar-refractivity contribution in [2.24, 2.45) is 23.7 Å². The number of fused-ring (bicyclic) bond motifs is 1. The highest BCUT2D eigenvalue weighted by atomic mass is 16.8. The molecule has 0 aromatic carbocycles. The largest absolute Gasteiger partial charge is 0.509 e. The normalized spacial score (nSPS) is 38.5. The second kappa shape index (κ2) is 18.3.